The molecule has 0 aromatic rings. The number of rotatable bonds is 3. The molecule has 2 unspecified atom stereocenters. The normalized spacial score (nSPS) is 39.3. The molecule has 0 radical (unpaired) electrons. The van der Waals surface area contributed by atoms with E-state index in [0.29, 0.717) is 11.8 Å². The van der Waals surface area contributed by atoms with Crippen LogP contribution in [0.5, 0.6) is 0 Å². The average Bonchev–Trinajstić information content (AvgIpc) is 2.46. The number of aliphatic hydroxyl groups excluding tert-OH is 1. The van der Waals surface area contributed by atoms with Crippen LogP contribution in [0.3, 0.4) is 0 Å². The lowest BCUT2D eigenvalue weighted by Gasteiger charge is -2.38. The maximum atomic E-state index is 10.1. The lowest BCUT2D eigenvalue weighted by Crippen LogP contribution is -2.33. The number of nitrogens with zero attached hydrogens (tertiary/aromatic N) is 1. The minimum Gasteiger partial charge on any atom is -0.392 e. The van der Waals surface area contributed by atoms with Crippen LogP contribution in [-0.4, -0.2) is 16.5 Å². The van der Waals surface area contributed by atoms with Gasteiger partial charge in [0, 0.05) is 11.2 Å². The van der Waals surface area contributed by atoms with Crippen molar-refractivity contribution in [3.05, 3.63) is 0 Å². The molecule has 2 rings (SSSR count). The highest BCUT2D eigenvalue weighted by molar-refractivity contribution is 7.81. The first-order valence-corrected chi connectivity index (χ1v) is 8.39. The fraction of sp³-hybridized carbons (Fsp3) is 0.938. The van der Waals surface area contributed by atoms with Crippen molar-refractivity contribution in [2.75, 3.05) is 0 Å². The maximum absolute atomic E-state index is 10.1. The molecule has 0 aromatic heterocycles. The second-order valence-electron chi connectivity index (χ2n) is 6.65. The van der Waals surface area contributed by atoms with Gasteiger partial charge in [0.2, 0.25) is 0 Å². The molecule has 0 aromatic carbocycles. The molecule has 3 heteroatoms. The highest BCUT2D eigenvalue weighted by Gasteiger charge is 2.33. The monoisotopic (exact) mass is 281 g/mol. The number of aliphatic hydroxyl groups is 1. The Morgan fingerprint density at radius 3 is 1.89 bits per heavy atom. The minimum absolute atomic E-state index is 0.0904. The van der Waals surface area contributed by atoms with E-state index in [2.05, 4.69) is 18.7 Å². The summed E-state index contributed by atoms with van der Waals surface area (Å²) in [5.41, 5.74) is 0. The summed E-state index contributed by atoms with van der Waals surface area (Å²) in [5, 5.41) is 19.1. The van der Waals surface area contributed by atoms with Gasteiger partial charge in [-0.2, -0.15) is 17.9 Å². The van der Waals surface area contributed by atoms with Gasteiger partial charge in [0.15, 0.2) is 0 Å². The van der Waals surface area contributed by atoms with Crippen LogP contribution in [0.25, 0.3) is 0 Å². The van der Waals surface area contributed by atoms with Gasteiger partial charge in [-0.05, 0) is 69.1 Å². The third kappa shape index (κ3) is 3.89. The predicted molar refractivity (Wildman–Crippen MR) is 81.0 cm³/mol. The largest absolute Gasteiger partial charge is 0.392 e. The van der Waals surface area contributed by atoms with E-state index in [-0.39, 0.29) is 11.4 Å². The molecule has 1 N–H and O–H groups in total. The summed E-state index contributed by atoms with van der Waals surface area (Å²) in [5.74, 6) is 2.47. The Balaban J connectivity index is 1.76. The Bertz CT molecular complexity index is 309. The van der Waals surface area contributed by atoms with Crippen LogP contribution in [0.2, 0.25) is 0 Å². The van der Waals surface area contributed by atoms with Gasteiger partial charge in [-0.1, -0.05) is 6.92 Å². The third-order valence-electron chi connectivity index (χ3n) is 5.41. The smallest absolute Gasteiger partial charge is 0.0681 e. The second kappa shape index (κ2) is 6.99. The standard InChI is InChI=1S/C16H27NOS/c1-11(19)16(18)15-8-6-14(7-9-15)13-4-2-12(10-17)3-5-13/h11-16,18-19H,2-9H2,1H3. The van der Waals surface area contributed by atoms with Crippen molar-refractivity contribution >= 4 is 12.6 Å². The molecule has 2 atom stereocenters. The average molecular weight is 281 g/mol. The van der Waals surface area contributed by atoms with Crippen molar-refractivity contribution in [2.24, 2.45) is 23.7 Å². The topological polar surface area (TPSA) is 44.0 Å². The molecule has 108 valence electrons. The molecule has 2 fully saturated rings. The van der Waals surface area contributed by atoms with Crippen LogP contribution >= 0.6 is 12.6 Å². The minimum atomic E-state index is -0.237. The zero-order valence-corrected chi connectivity index (χ0v) is 12.9. The van der Waals surface area contributed by atoms with Gasteiger partial charge in [-0.3, -0.25) is 0 Å². The quantitative estimate of drug-likeness (QED) is 0.773. The van der Waals surface area contributed by atoms with Crippen molar-refractivity contribution in [1.82, 2.24) is 0 Å². The van der Waals surface area contributed by atoms with E-state index in [1.54, 1.807) is 0 Å². The van der Waals surface area contributed by atoms with E-state index in [1.807, 2.05) is 6.92 Å². The maximum Gasteiger partial charge on any atom is 0.0681 e. The number of nitriles is 1. The molecule has 0 heterocycles. The Hall–Kier alpha value is -0.200. The second-order valence-corrected chi connectivity index (χ2v) is 7.46. The summed E-state index contributed by atoms with van der Waals surface area (Å²) in [6.45, 7) is 1.99. The van der Waals surface area contributed by atoms with E-state index in [4.69, 9.17) is 5.26 Å². The van der Waals surface area contributed by atoms with Gasteiger partial charge in [-0.15, -0.1) is 0 Å². The lowest BCUT2D eigenvalue weighted by molar-refractivity contribution is 0.0600. The molecule has 0 spiro atoms. The Labute approximate surface area is 123 Å². The van der Waals surface area contributed by atoms with Crippen molar-refractivity contribution in [3.63, 3.8) is 0 Å². The molecule has 2 saturated carbocycles. The zero-order chi connectivity index (χ0) is 13.8. The zero-order valence-electron chi connectivity index (χ0n) is 12.0. The highest BCUT2D eigenvalue weighted by Crippen LogP contribution is 2.42. The van der Waals surface area contributed by atoms with Crippen molar-refractivity contribution in [3.8, 4) is 6.07 Å². The summed E-state index contributed by atoms with van der Waals surface area (Å²) >= 11 is 4.37. The summed E-state index contributed by atoms with van der Waals surface area (Å²) in [6.07, 6.45) is 9.34. The Morgan fingerprint density at radius 2 is 1.47 bits per heavy atom. The van der Waals surface area contributed by atoms with Crippen LogP contribution in [0.1, 0.15) is 58.3 Å². The molecular weight excluding hydrogens is 254 g/mol. The fourth-order valence-corrected chi connectivity index (χ4v) is 4.31. The first-order chi connectivity index (χ1) is 9.11. The summed E-state index contributed by atoms with van der Waals surface area (Å²) in [4.78, 5) is 0. The molecule has 0 saturated heterocycles. The predicted octanol–water partition coefficient (Wildman–Crippen LogP) is 3.80. The van der Waals surface area contributed by atoms with Crippen LogP contribution < -0.4 is 0 Å². The summed E-state index contributed by atoms with van der Waals surface area (Å²) in [7, 11) is 0. The third-order valence-corrected chi connectivity index (χ3v) is 5.72. The van der Waals surface area contributed by atoms with Crippen LogP contribution in [0.15, 0.2) is 0 Å². The number of thiol groups is 1. The first kappa shape index (κ1) is 15.2. The van der Waals surface area contributed by atoms with Crippen LogP contribution in [0.4, 0.5) is 0 Å². The van der Waals surface area contributed by atoms with E-state index < -0.39 is 0 Å². The van der Waals surface area contributed by atoms with E-state index >= 15 is 0 Å². The van der Waals surface area contributed by atoms with Gasteiger partial charge in [0.1, 0.15) is 0 Å². The summed E-state index contributed by atoms with van der Waals surface area (Å²) in [6, 6.07) is 2.42. The van der Waals surface area contributed by atoms with Gasteiger partial charge in [0.25, 0.3) is 0 Å². The molecule has 0 amide bonds. The van der Waals surface area contributed by atoms with Gasteiger partial charge < -0.3 is 5.11 Å². The lowest BCUT2D eigenvalue weighted by atomic mass is 9.68. The van der Waals surface area contributed by atoms with Crippen molar-refractivity contribution < 1.29 is 5.11 Å². The highest BCUT2D eigenvalue weighted by atomic mass is 32.1. The molecule has 2 aliphatic rings. The van der Waals surface area contributed by atoms with E-state index in [0.717, 1.165) is 37.5 Å². The van der Waals surface area contributed by atoms with Gasteiger partial charge in [-0.25, -0.2) is 0 Å². The SMILES string of the molecule is CC(S)C(O)C1CCC(C2CCC(C#N)CC2)CC1. The molecule has 0 bridgehead atoms. The van der Waals surface area contributed by atoms with Gasteiger partial charge >= 0.3 is 0 Å². The van der Waals surface area contributed by atoms with E-state index in [1.165, 1.54) is 25.7 Å². The van der Waals surface area contributed by atoms with Gasteiger partial charge in [0.05, 0.1) is 12.2 Å². The Morgan fingerprint density at radius 1 is 1.00 bits per heavy atom. The number of hydrogen-bond acceptors (Lipinski definition) is 3. The molecule has 0 aliphatic heterocycles. The molecule has 2 nitrogen and oxygen atoms in total. The Kier molecular flexibility index (Phi) is 5.59. The number of hydrogen-bond donors (Lipinski definition) is 2. The van der Waals surface area contributed by atoms with Crippen LogP contribution in [0, 0.1) is 35.0 Å². The molecule has 19 heavy (non-hydrogen) atoms. The first-order valence-electron chi connectivity index (χ1n) is 7.87. The summed E-state index contributed by atoms with van der Waals surface area (Å²) < 4.78 is 0. The fourth-order valence-electron chi connectivity index (χ4n) is 4.07. The van der Waals surface area contributed by atoms with Crippen LogP contribution in [-0.2, 0) is 0 Å². The van der Waals surface area contributed by atoms with E-state index in [9.17, 15) is 5.11 Å². The molecule has 2 aliphatic carbocycles. The molecular formula is C16H27NOS. The van der Waals surface area contributed by atoms with Crippen molar-refractivity contribution in [2.45, 2.75) is 69.6 Å². The van der Waals surface area contributed by atoms with Crippen molar-refractivity contribution in [1.29, 1.82) is 5.26 Å².